The molecule has 1 aliphatic heterocycles. The van der Waals surface area contributed by atoms with Crippen LogP contribution in [0, 0.1) is 5.41 Å². The van der Waals surface area contributed by atoms with Crippen LogP contribution in [0.4, 0.5) is 16.2 Å². The number of hydrogen-bond donors (Lipinski definition) is 2. The number of nitrogens with one attached hydrogen (secondary N) is 2. The molecule has 0 spiro atoms. The Morgan fingerprint density at radius 3 is 2.50 bits per heavy atom. The number of pyridine rings is 1. The first-order valence-corrected chi connectivity index (χ1v) is 11.9. The molecule has 2 aromatic carbocycles. The Morgan fingerprint density at radius 1 is 1.06 bits per heavy atom. The van der Waals surface area contributed by atoms with Crippen molar-refractivity contribution in [2.75, 3.05) is 23.3 Å². The van der Waals surface area contributed by atoms with Crippen molar-refractivity contribution < 1.29 is 9.53 Å². The van der Waals surface area contributed by atoms with Gasteiger partial charge in [-0.25, -0.2) is 4.79 Å². The molecule has 0 bridgehead atoms. The van der Waals surface area contributed by atoms with Crippen molar-refractivity contribution >= 4 is 17.4 Å². The van der Waals surface area contributed by atoms with Crippen molar-refractivity contribution in [3.05, 3.63) is 84.2 Å². The number of aromatic nitrogens is 1. The smallest absolute Gasteiger partial charge is 0.319 e. The van der Waals surface area contributed by atoms with E-state index in [0.29, 0.717) is 18.0 Å². The first kappa shape index (κ1) is 23.6. The second kappa shape index (κ2) is 10.6. The normalized spacial score (nSPS) is 14.5. The number of urea groups is 1. The lowest BCUT2D eigenvalue weighted by Gasteiger charge is -2.31. The molecular weight excluding hydrogens is 424 g/mol. The Hall–Kier alpha value is -3.54. The number of nitrogens with zero attached hydrogens (tertiary/aromatic N) is 2. The highest BCUT2D eigenvalue weighted by Crippen LogP contribution is 2.34. The third kappa shape index (κ3) is 6.07. The van der Waals surface area contributed by atoms with Crippen molar-refractivity contribution in [1.29, 1.82) is 0 Å². The van der Waals surface area contributed by atoms with Crippen LogP contribution in [-0.4, -0.2) is 24.1 Å². The summed E-state index contributed by atoms with van der Waals surface area (Å²) >= 11 is 0. The van der Waals surface area contributed by atoms with Gasteiger partial charge in [-0.1, -0.05) is 57.2 Å². The summed E-state index contributed by atoms with van der Waals surface area (Å²) < 4.78 is 6.20. The predicted octanol–water partition coefficient (Wildman–Crippen LogP) is 6.17. The summed E-state index contributed by atoms with van der Waals surface area (Å²) in [6.07, 6.45) is 5.94. The Morgan fingerprint density at radius 2 is 1.82 bits per heavy atom. The number of amides is 2. The highest BCUT2D eigenvalue weighted by molar-refractivity contribution is 5.91. The van der Waals surface area contributed by atoms with Crippen LogP contribution in [0.2, 0.25) is 0 Å². The summed E-state index contributed by atoms with van der Waals surface area (Å²) in [4.78, 5) is 19.7. The fourth-order valence-electron chi connectivity index (χ4n) is 4.28. The molecule has 0 saturated carbocycles. The zero-order valence-corrected chi connectivity index (χ0v) is 20.3. The molecule has 1 unspecified atom stereocenters. The van der Waals surface area contributed by atoms with Gasteiger partial charge in [0, 0.05) is 37.2 Å². The van der Waals surface area contributed by atoms with Gasteiger partial charge in [0.1, 0.15) is 12.4 Å². The highest BCUT2D eigenvalue weighted by atomic mass is 16.5. The lowest BCUT2D eigenvalue weighted by Crippen LogP contribution is -2.39. The van der Waals surface area contributed by atoms with Crippen LogP contribution in [0.3, 0.4) is 0 Å². The fraction of sp³-hybridized carbons (Fsp3) is 0.357. The summed E-state index contributed by atoms with van der Waals surface area (Å²) in [6.45, 7) is 8.83. The van der Waals surface area contributed by atoms with E-state index in [-0.39, 0.29) is 17.5 Å². The number of carbonyl (C=O) groups excluding carboxylic acids is 1. The minimum Gasteiger partial charge on any atom is -0.487 e. The van der Waals surface area contributed by atoms with Crippen LogP contribution in [0.15, 0.2) is 73.1 Å². The van der Waals surface area contributed by atoms with Crippen LogP contribution in [0.5, 0.6) is 5.75 Å². The van der Waals surface area contributed by atoms with Gasteiger partial charge in [-0.15, -0.1) is 0 Å². The van der Waals surface area contributed by atoms with Crippen molar-refractivity contribution in [1.82, 2.24) is 10.3 Å². The Balaban J connectivity index is 1.53. The zero-order chi connectivity index (χ0) is 24.0. The number of benzene rings is 2. The van der Waals surface area contributed by atoms with Gasteiger partial charge in [0.2, 0.25) is 0 Å². The predicted molar refractivity (Wildman–Crippen MR) is 137 cm³/mol. The monoisotopic (exact) mass is 458 g/mol. The average Bonchev–Trinajstić information content (AvgIpc) is 3.37. The summed E-state index contributed by atoms with van der Waals surface area (Å²) in [5.41, 5.74) is 3.63. The van der Waals surface area contributed by atoms with E-state index >= 15 is 0 Å². The SMILES string of the molecule is CC(C)(C)C(NC(=O)Nc1ccc(N2CCCC2)cc1OCc1ccccc1)c1cccnc1. The van der Waals surface area contributed by atoms with Gasteiger partial charge < -0.3 is 20.3 Å². The second-order valence-electron chi connectivity index (χ2n) is 9.83. The molecule has 1 aliphatic rings. The summed E-state index contributed by atoms with van der Waals surface area (Å²) in [5, 5.41) is 6.16. The Labute approximate surface area is 202 Å². The van der Waals surface area contributed by atoms with Gasteiger partial charge in [0.15, 0.2) is 0 Å². The summed E-state index contributed by atoms with van der Waals surface area (Å²) in [5.74, 6) is 0.664. The van der Waals surface area contributed by atoms with Crippen molar-refractivity contribution in [3.63, 3.8) is 0 Å². The lowest BCUT2D eigenvalue weighted by molar-refractivity contribution is 0.229. The Bertz CT molecular complexity index is 1070. The largest absolute Gasteiger partial charge is 0.487 e. The molecule has 34 heavy (non-hydrogen) atoms. The molecule has 2 heterocycles. The van der Waals surface area contributed by atoms with Gasteiger partial charge in [-0.05, 0) is 47.6 Å². The van der Waals surface area contributed by atoms with Gasteiger partial charge in [-0.3, -0.25) is 4.98 Å². The molecule has 1 saturated heterocycles. The maximum absolute atomic E-state index is 13.1. The highest BCUT2D eigenvalue weighted by Gasteiger charge is 2.28. The molecular formula is C28H34N4O2. The quantitative estimate of drug-likeness (QED) is 0.444. The number of carbonyl (C=O) groups is 1. The minimum absolute atomic E-state index is 0.188. The van der Waals surface area contributed by atoms with Crippen LogP contribution < -0.4 is 20.3 Å². The van der Waals surface area contributed by atoms with E-state index in [0.717, 1.165) is 29.9 Å². The molecule has 1 aromatic heterocycles. The van der Waals surface area contributed by atoms with Crippen LogP contribution in [0.25, 0.3) is 0 Å². The number of anilines is 2. The van der Waals surface area contributed by atoms with E-state index in [9.17, 15) is 4.79 Å². The number of rotatable bonds is 7. The number of hydrogen-bond acceptors (Lipinski definition) is 4. The molecule has 6 heteroatoms. The Kier molecular flexibility index (Phi) is 7.36. The molecule has 3 aromatic rings. The molecule has 2 amide bonds. The van der Waals surface area contributed by atoms with Gasteiger partial charge in [0.05, 0.1) is 11.7 Å². The fourth-order valence-corrected chi connectivity index (χ4v) is 4.28. The topological polar surface area (TPSA) is 66.5 Å². The first-order valence-electron chi connectivity index (χ1n) is 11.9. The lowest BCUT2D eigenvalue weighted by atomic mass is 9.83. The van der Waals surface area contributed by atoms with E-state index in [1.165, 1.54) is 12.8 Å². The molecule has 6 nitrogen and oxygen atoms in total. The maximum atomic E-state index is 13.1. The van der Waals surface area contributed by atoms with Crippen LogP contribution in [0.1, 0.15) is 50.8 Å². The van der Waals surface area contributed by atoms with E-state index < -0.39 is 0 Å². The van der Waals surface area contributed by atoms with E-state index in [1.54, 1.807) is 12.4 Å². The van der Waals surface area contributed by atoms with Crippen molar-refractivity contribution in [2.24, 2.45) is 5.41 Å². The number of ether oxygens (including phenoxy) is 1. The molecule has 0 radical (unpaired) electrons. The molecule has 178 valence electrons. The van der Waals surface area contributed by atoms with E-state index in [2.05, 4.69) is 47.4 Å². The third-order valence-corrected chi connectivity index (χ3v) is 6.08. The second-order valence-corrected chi connectivity index (χ2v) is 9.83. The average molecular weight is 459 g/mol. The summed E-state index contributed by atoms with van der Waals surface area (Å²) in [6, 6.07) is 19.5. The van der Waals surface area contributed by atoms with Gasteiger partial charge in [0.25, 0.3) is 0 Å². The maximum Gasteiger partial charge on any atom is 0.319 e. The van der Waals surface area contributed by atoms with E-state index in [4.69, 9.17) is 4.74 Å². The molecule has 1 atom stereocenters. The molecule has 4 rings (SSSR count). The molecule has 1 fully saturated rings. The third-order valence-electron chi connectivity index (χ3n) is 6.08. The van der Waals surface area contributed by atoms with Crippen molar-refractivity contribution in [3.8, 4) is 5.75 Å². The summed E-state index contributed by atoms with van der Waals surface area (Å²) in [7, 11) is 0. The zero-order valence-electron chi connectivity index (χ0n) is 20.3. The molecule has 2 N–H and O–H groups in total. The minimum atomic E-state index is -0.276. The van der Waals surface area contributed by atoms with Gasteiger partial charge >= 0.3 is 6.03 Å². The van der Waals surface area contributed by atoms with Crippen molar-refractivity contribution in [2.45, 2.75) is 46.3 Å². The standard InChI is InChI=1S/C28H34N4O2/c1-28(2,3)26(22-12-9-15-29-19-22)31-27(33)30-24-14-13-23(32-16-7-8-17-32)18-25(24)34-20-21-10-5-4-6-11-21/h4-6,9-15,18-19,26H,7-8,16-17,20H2,1-3H3,(H2,30,31,33). The van der Waals surface area contributed by atoms with Gasteiger partial charge in [-0.2, -0.15) is 0 Å². The molecule has 0 aliphatic carbocycles. The van der Waals surface area contributed by atoms with Crippen LogP contribution >= 0.6 is 0 Å². The first-order chi connectivity index (χ1) is 16.4. The van der Waals surface area contributed by atoms with Crippen LogP contribution in [-0.2, 0) is 6.61 Å². The van der Waals surface area contributed by atoms with E-state index in [1.807, 2.05) is 54.6 Å².